The number of nitrogens with zero attached hydrogens (tertiary/aromatic N) is 1. The molecule has 0 saturated carbocycles. The molecule has 1 fully saturated rings. The molecule has 0 bridgehead atoms. The highest BCUT2D eigenvalue weighted by Crippen LogP contribution is 2.35. The highest BCUT2D eigenvalue weighted by molar-refractivity contribution is 7.86. The van der Waals surface area contributed by atoms with E-state index in [4.69, 9.17) is 15.9 Å². The molecule has 0 unspecified atom stereocenters. The molecule has 2 aromatic rings. The van der Waals surface area contributed by atoms with Crippen LogP contribution in [-0.4, -0.2) is 32.9 Å². The van der Waals surface area contributed by atoms with Gasteiger partial charge in [-0.3, -0.25) is 0 Å². The maximum atomic E-state index is 12.3. The predicted molar refractivity (Wildman–Crippen MR) is 91.9 cm³/mol. The lowest BCUT2D eigenvalue weighted by Crippen LogP contribution is -2.45. The summed E-state index contributed by atoms with van der Waals surface area (Å²) in [7, 11) is -3.92. The fourth-order valence-corrected chi connectivity index (χ4v) is 3.76. The second kappa shape index (κ2) is 7.31. The zero-order valence-corrected chi connectivity index (χ0v) is 15.6. The summed E-state index contributed by atoms with van der Waals surface area (Å²) in [5, 5.41) is 1.10. The number of benzene rings is 2. The first-order valence-corrected chi connectivity index (χ1v) is 9.63. The van der Waals surface area contributed by atoms with Crippen molar-refractivity contribution in [3.8, 4) is 5.75 Å². The van der Waals surface area contributed by atoms with Gasteiger partial charge < -0.3 is 4.74 Å². The molecule has 5 nitrogen and oxygen atoms in total. The number of aryl methyl sites for hydroxylation is 1. The van der Waals surface area contributed by atoms with Gasteiger partial charge in [0.2, 0.25) is 0 Å². The fourth-order valence-electron chi connectivity index (χ4n) is 2.58. The monoisotopic (exact) mass is 421 g/mol. The molecule has 146 valence electrons. The molecule has 0 spiro atoms. The Bertz CT molecular complexity index is 926. The Morgan fingerprint density at radius 2 is 1.74 bits per heavy atom. The molecule has 1 aliphatic heterocycles. The Hall–Kier alpha value is -1.81. The quantitative estimate of drug-likeness (QED) is 0.721. The van der Waals surface area contributed by atoms with Gasteiger partial charge in [-0.05, 0) is 36.8 Å². The maximum absolute atomic E-state index is 12.3. The standard InChI is InChI=1S/C17H15ClF3NO4S/c1-11-2-5-14(6-3-11)27(23,24)26-22-9-13(10-22)12-4-7-16(15(18)8-12)25-17(19,20)21/h2-8,13H,9-10H2,1H3. The molecule has 2 aromatic carbocycles. The topological polar surface area (TPSA) is 55.8 Å². The highest BCUT2D eigenvalue weighted by atomic mass is 35.5. The normalized spacial score (nSPS) is 16.2. The molecule has 27 heavy (non-hydrogen) atoms. The molecule has 0 N–H and O–H groups in total. The van der Waals surface area contributed by atoms with E-state index in [1.807, 2.05) is 6.92 Å². The van der Waals surface area contributed by atoms with Crippen LogP contribution >= 0.6 is 11.6 Å². The number of rotatable bonds is 5. The van der Waals surface area contributed by atoms with Gasteiger partial charge in [-0.15, -0.1) is 13.2 Å². The summed E-state index contributed by atoms with van der Waals surface area (Å²) >= 11 is 5.83. The van der Waals surface area contributed by atoms with E-state index in [9.17, 15) is 21.6 Å². The van der Waals surface area contributed by atoms with Gasteiger partial charge in [-0.2, -0.15) is 17.8 Å². The summed E-state index contributed by atoms with van der Waals surface area (Å²) in [6, 6.07) is 10.2. The lowest BCUT2D eigenvalue weighted by Gasteiger charge is -2.37. The first-order valence-electron chi connectivity index (χ1n) is 7.85. The number of hydroxylamine groups is 2. The zero-order chi connectivity index (χ0) is 19.8. The van der Waals surface area contributed by atoms with Crippen LogP contribution in [0.4, 0.5) is 13.2 Å². The zero-order valence-electron chi connectivity index (χ0n) is 14.0. The Morgan fingerprint density at radius 3 is 2.30 bits per heavy atom. The molecule has 1 aliphatic rings. The van der Waals surface area contributed by atoms with Crippen molar-refractivity contribution in [2.75, 3.05) is 13.1 Å². The predicted octanol–water partition coefficient (Wildman–Crippen LogP) is 4.27. The molecule has 1 saturated heterocycles. The van der Waals surface area contributed by atoms with E-state index in [0.717, 1.165) is 11.6 Å². The van der Waals surface area contributed by atoms with E-state index in [-0.39, 0.29) is 28.9 Å². The molecule has 1 heterocycles. The van der Waals surface area contributed by atoms with Crippen LogP contribution in [0, 0.1) is 6.92 Å². The van der Waals surface area contributed by atoms with Crippen LogP contribution in [0.3, 0.4) is 0 Å². The molecule has 0 aromatic heterocycles. The van der Waals surface area contributed by atoms with Gasteiger partial charge in [-0.1, -0.05) is 35.4 Å². The smallest absolute Gasteiger partial charge is 0.404 e. The van der Waals surface area contributed by atoms with Crippen molar-refractivity contribution in [3.63, 3.8) is 0 Å². The second-order valence-corrected chi connectivity index (χ2v) is 8.06. The first-order chi connectivity index (χ1) is 12.5. The van der Waals surface area contributed by atoms with Gasteiger partial charge >= 0.3 is 16.5 Å². The van der Waals surface area contributed by atoms with Crippen molar-refractivity contribution in [2.24, 2.45) is 0 Å². The minimum Gasteiger partial charge on any atom is -0.404 e. The average molecular weight is 422 g/mol. The fraction of sp³-hybridized carbons (Fsp3) is 0.294. The first kappa shape index (κ1) is 19.9. The Morgan fingerprint density at radius 1 is 1.11 bits per heavy atom. The van der Waals surface area contributed by atoms with Crippen LogP contribution in [-0.2, 0) is 14.4 Å². The van der Waals surface area contributed by atoms with Crippen LogP contribution < -0.4 is 4.74 Å². The van der Waals surface area contributed by atoms with Gasteiger partial charge in [0.05, 0.1) is 9.92 Å². The largest absolute Gasteiger partial charge is 0.573 e. The lowest BCUT2D eigenvalue weighted by atomic mass is 9.93. The minimum atomic E-state index is -4.82. The molecule has 3 rings (SSSR count). The third-order valence-electron chi connectivity index (χ3n) is 4.01. The van der Waals surface area contributed by atoms with E-state index < -0.39 is 22.2 Å². The van der Waals surface area contributed by atoms with E-state index in [1.54, 1.807) is 12.1 Å². The van der Waals surface area contributed by atoms with Crippen molar-refractivity contribution in [2.45, 2.75) is 24.1 Å². The van der Waals surface area contributed by atoms with Crippen LogP contribution in [0.1, 0.15) is 17.0 Å². The third-order valence-corrected chi connectivity index (χ3v) is 5.57. The van der Waals surface area contributed by atoms with Gasteiger partial charge in [0, 0.05) is 19.0 Å². The Balaban J connectivity index is 1.61. The van der Waals surface area contributed by atoms with Gasteiger partial charge in [-0.25, -0.2) is 0 Å². The minimum absolute atomic E-state index is 0.0493. The number of hydrogen-bond acceptors (Lipinski definition) is 5. The average Bonchev–Trinajstić information content (AvgIpc) is 2.52. The molecule has 10 heteroatoms. The summed E-state index contributed by atoms with van der Waals surface area (Å²) in [4.78, 5) is 0.0493. The summed E-state index contributed by atoms with van der Waals surface area (Å²) in [6.45, 7) is 2.37. The van der Waals surface area contributed by atoms with Crippen LogP contribution in [0.25, 0.3) is 0 Å². The summed E-state index contributed by atoms with van der Waals surface area (Å²) in [5.41, 5.74) is 1.59. The number of hydrogen-bond donors (Lipinski definition) is 0. The SMILES string of the molecule is Cc1ccc(S(=O)(=O)ON2CC(c3ccc(OC(F)(F)F)c(Cl)c3)C2)cc1. The Labute approximate surface area is 159 Å². The van der Waals surface area contributed by atoms with Crippen molar-refractivity contribution in [3.05, 3.63) is 58.6 Å². The van der Waals surface area contributed by atoms with E-state index in [2.05, 4.69) is 4.74 Å². The molecule has 0 aliphatic carbocycles. The number of ether oxygens (including phenoxy) is 1. The van der Waals surface area contributed by atoms with Crippen LogP contribution in [0.2, 0.25) is 5.02 Å². The number of alkyl halides is 3. The highest BCUT2D eigenvalue weighted by Gasteiger charge is 2.35. The van der Waals surface area contributed by atoms with Gasteiger partial charge in [0.1, 0.15) is 5.75 Å². The second-order valence-electron chi connectivity index (χ2n) is 6.12. The molecule has 0 radical (unpaired) electrons. The van der Waals surface area contributed by atoms with E-state index in [1.165, 1.54) is 29.3 Å². The summed E-state index contributed by atoms with van der Waals surface area (Å²) < 4.78 is 70.1. The molecule has 0 amide bonds. The van der Waals surface area contributed by atoms with Crippen LogP contribution in [0.5, 0.6) is 5.75 Å². The van der Waals surface area contributed by atoms with E-state index >= 15 is 0 Å². The van der Waals surface area contributed by atoms with Crippen molar-refractivity contribution >= 4 is 21.7 Å². The summed E-state index contributed by atoms with van der Waals surface area (Å²) in [5.74, 6) is -0.599. The van der Waals surface area contributed by atoms with E-state index in [0.29, 0.717) is 5.56 Å². The van der Waals surface area contributed by atoms with Gasteiger partial charge in [0.25, 0.3) is 0 Å². The van der Waals surface area contributed by atoms with Crippen molar-refractivity contribution in [1.29, 1.82) is 0 Å². The molecule has 0 atom stereocenters. The lowest BCUT2D eigenvalue weighted by molar-refractivity contribution is -0.274. The van der Waals surface area contributed by atoms with Gasteiger partial charge in [0.15, 0.2) is 0 Å². The Kier molecular flexibility index (Phi) is 5.40. The number of halogens is 4. The molecular weight excluding hydrogens is 407 g/mol. The van der Waals surface area contributed by atoms with Crippen LogP contribution in [0.15, 0.2) is 47.4 Å². The molecular formula is C17H15ClF3NO4S. The van der Waals surface area contributed by atoms with Crippen molar-refractivity contribution in [1.82, 2.24) is 5.06 Å². The summed E-state index contributed by atoms with van der Waals surface area (Å²) in [6.07, 6.45) is -4.82. The van der Waals surface area contributed by atoms with Crippen molar-refractivity contribution < 1.29 is 30.6 Å². The maximum Gasteiger partial charge on any atom is 0.573 e. The third kappa shape index (κ3) is 4.92.